The first-order valence-corrected chi connectivity index (χ1v) is 11.7. The fraction of sp³-hybridized carbons (Fsp3) is 0.320. The molecule has 4 heterocycles. The minimum atomic E-state index is -0.360. The molecule has 6 rings (SSSR count). The molecule has 10 nitrogen and oxygen atoms in total. The Morgan fingerprint density at radius 2 is 1.80 bits per heavy atom. The quantitative estimate of drug-likeness (QED) is 0.451. The predicted octanol–water partition coefficient (Wildman–Crippen LogP) is 2.32. The molecule has 2 aliphatic rings. The number of fused-ring (bicyclic) bond motifs is 2. The number of likely N-dealkylation sites (tertiary alicyclic amines) is 1. The zero-order valence-corrected chi connectivity index (χ0v) is 19.1. The molecule has 2 amide bonds. The molecule has 2 aliphatic heterocycles. The van der Waals surface area contributed by atoms with Crippen molar-refractivity contribution in [1.82, 2.24) is 19.9 Å². The number of carbonyl (C=O) groups is 2. The van der Waals surface area contributed by atoms with Gasteiger partial charge in [-0.25, -0.2) is 4.98 Å². The van der Waals surface area contributed by atoms with Crippen molar-refractivity contribution in [3.8, 4) is 11.1 Å². The standard InChI is InChI=1S/C25H25N7O3/c26-22(33)10-17-2-1-7-32(17)24(34)16-12-31(13-16)23-11-28-18-5-3-14(8-19(18)29-23)15-4-6-21-20(9-15)30-25(27)35-21/h3-6,8-9,11,16-17H,1-2,7,10,12-13H2,(H2,26,33)(H2,27,30)/t17-/m1/s1. The van der Waals surface area contributed by atoms with E-state index in [4.69, 9.17) is 20.9 Å². The molecular formula is C25H25N7O3. The summed E-state index contributed by atoms with van der Waals surface area (Å²) in [7, 11) is 0. The van der Waals surface area contributed by atoms with Crippen molar-refractivity contribution in [2.45, 2.75) is 25.3 Å². The normalized spacial score (nSPS) is 18.3. The highest BCUT2D eigenvalue weighted by Crippen LogP contribution is 2.31. The summed E-state index contributed by atoms with van der Waals surface area (Å²) >= 11 is 0. The molecule has 0 radical (unpaired) electrons. The maximum atomic E-state index is 13.0. The number of carbonyl (C=O) groups excluding carboxylic acids is 2. The van der Waals surface area contributed by atoms with Gasteiger partial charge in [-0.2, -0.15) is 4.98 Å². The third-order valence-electron chi connectivity index (χ3n) is 6.92. The Morgan fingerprint density at radius 3 is 2.60 bits per heavy atom. The fourth-order valence-electron chi connectivity index (χ4n) is 5.09. The number of benzene rings is 2. The van der Waals surface area contributed by atoms with Crippen LogP contribution in [0.5, 0.6) is 0 Å². The monoisotopic (exact) mass is 471 g/mol. The molecule has 0 spiro atoms. The van der Waals surface area contributed by atoms with E-state index in [1.165, 1.54) is 0 Å². The van der Waals surface area contributed by atoms with E-state index in [0.29, 0.717) is 30.7 Å². The Kier molecular flexibility index (Phi) is 5.01. The average Bonchev–Trinajstić information content (AvgIpc) is 3.41. The molecule has 0 bridgehead atoms. The van der Waals surface area contributed by atoms with Crippen molar-refractivity contribution >= 4 is 45.8 Å². The van der Waals surface area contributed by atoms with Gasteiger partial charge in [0.2, 0.25) is 11.8 Å². The van der Waals surface area contributed by atoms with Crippen LogP contribution in [-0.2, 0) is 9.59 Å². The number of amides is 2. The van der Waals surface area contributed by atoms with Crippen molar-refractivity contribution in [2.75, 3.05) is 30.3 Å². The van der Waals surface area contributed by atoms with Gasteiger partial charge in [-0.05, 0) is 48.2 Å². The van der Waals surface area contributed by atoms with Gasteiger partial charge in [0, 0.05) is 32.1 Å². The summed E-state index contributed by atoms with van der Waals surface area (Å²) in [6.45, 7) is 1.87. The van der Waals surface area contributed by atoms with E-state index in [0.717, 1.165) is 40.8 Å². The Bertz CT molecular complexity index is 1460. The summed E-state index contributed by atoms with van der Waals surface area (Å²) in [6.07, 6.45) is 3.73. The molecule has 10 heteroatoms. The highest BCUT2D eigenvalue weighted by Gasteiger charge is 2.40. The number of primary amides is 1. The van der Waals surface area contributed by atoms with E-state index in [1.807, 2.05) is 41.3 Å². The van der Waals surface area contributed by atoms with Crippen LogP contribution < -0.4 is 16.4 Å². The summed E-state index contributed by atoms with van der Waals surface area (Å²) in [5.74, 6) is 0.383. The van der Waals surface area contributed by atoms with Crippen molar-refractivity contribution in [2.24, 2.45) is 11.7 Å². The third-order valence-corrected chi connectivity index (χ3v) is 6.92. The van der Waals surface area contributed by atoms with Crippen LogP contribution in [-0.4, -0.2) is 57.3 Å². The van der Waals surface area contributed by atoms with Gasteiger partial charge in [-0.3, -0.25) is 14.6 Å². The van der Waals surface area contributed by atoms with Crippen LogP contribution in [0, 0.1) is 5.92 Å². The summed E-state index contributed by atoms with van der Waals surface area (Å²) in [5, 5.41) is 0. The molecule has 2 saturated heterocycles. The molecule has 178 valence electrons. The van der Waals surface area contributed by atoms with Crippen molar-refractivity contribution in [3.63, 3.8) is 0 Å². The van der Waals surface area contributed by atoms with E-state index in [9.17, 15) is 9.59 Å². The third kappa shape index (κ3) is 3.90. The number of nitrogen functional groups attached to an aromatic ring is 1. The molecule has 2 fully saturated rings. The summed E-state index contributed by atoms with van der Waals surface area (Å²) in [4.78, 5) is 41.8. The van der Waals surface area contributed by atoms with Crippen LogP contribution in [0.2, 0.25) is 0 Å². The number of aromatic nitrogens is 3. The van der Waals surface area contributed by atoms with Gasteiger partial charge in [0.15, 0.2) is 5.58 Å². The molecule has 0 aliphatic carbocycles. The molecular weight excluding hydrogens is 446 g/mol. The molecule has 2 aromatic heterocycles. The minimum absolute atomic E-state index is 0.0687. The van der Waals surface area contributed by atoms with Crippen molar-refractivity contribution in [1.29, 1.82) is 0 Å². The zero-order valence-electron chi connectivity index (χ0n) is 19.1. The maximum Gasteiger partial charge on any atom is 0.292 e. The largest absolute Gasteiger partial charge is 0.424 e. The van der Waals surface area contributed by atoms with Crippen LogP contribution >= 0.6 is 0 Å². The van der Waals surface area contributed by atoms with Gasteiger partial charge in [-0.1, -0.05) is 12.1 Å². The topological polar surface area (TPSA) is 144 Å². The number of oxazole rings is 1. The maximum absolute atomic E-state index is 13.0. The SMILES string of the molecule is NC(=O)C[C@H]1CCCN1C(=O)C1CN(c2cnc3ccc(-c4ccc5oc(N)nc5c4)cc3n2)C1. The summed E-state index contributed by atoms with van der Waals surface area (Å²) in [5.41, 5.74) is 15.9. The first-order chi connectivity index (χ1) is 16.9. The van der Waals surface area contributed by atoms with Crippen molar-refractivity contribution < 1.29 is 14.0 Å². The van der Waals surface area contributed by atoms with Gasteiger partial charge >= 0.3 is 0 Å². The Labute approximate surface area is 200 Å². The lowest BCUT2D eigenvalue weighted by Crippen LogP contribution is -2.56. The second-order valence-electron chi connectivity index (χ2n) is 9.27. The van der Waals surface area contributed by atoms with Gasteiger partial charge in [-0.15, -0.1) is 0 Å². The molecule has 4 N–H and O–H groups in total. The zero-order chi connectivity index (χ0) is 24.1. The Balaban J connectivity index is 1.19. The van der Waals surface area contributed by atoms with Crippen LogP contribution in [0.3, 0.4) is 0 Å². The lowest BCUT2D eigenvalue weighted by molar-refractivity contribution is -0.137. The van der Waals surface area contributed by atoms with Gasteiger partial charge in [0.05, 0.1) is 23.1 Å². The molecule has 0 saturated carbocycles. The first-order valence-electron chi connectivity index (χ1n) is 11.7. The minimum Gasteiger partial charge on any atom is -0.424 e. The number of hydrogen-bond donors (Lipinski definition) is 2. The highest BCUT2D eigenvalue weighted by atomic mass is 16.4. The van der Waals surface area contributed by atoms with Gasteiger partial charge in [0.25, 0.3) is 6.01 Å². The van der Waals surface area contributed by atoms with Gasteiger partial charge < -0.3 is 25.7 Å². The molecule has 1 atom stereocenters. The lowest BCUT2D eigenvalue weighted by Gasteiger charge is -2.41. The smallest absolute Gasteiger partial charge is 0.292 e. The van der Waals surface area contributed by atoms with E-state index < -0.39 is 0 Å². The second kappa shape index (κ2) is 8.23. The number of nitrogens with two attached hydrogens (primary N) is 2. The summed E-state index contributed by atoms with van der Waals surface area (Å²) in [6, 6.07) is 11.8. The first kappa shape index (κ1) is 21.3. The predicted molar refractivity (Wildman–Crippen MR) is 131 cm³/mol. The van der Waals surface area contributed by atoms with Crippen LogP contribution in [0.4, 0.5) is 11.8 Å². The number of nitrogens with zero attached hydrogens (tertiary/aromatic N) is 5. The van der Waals surface area contributed by atoms with E-state index in [1.54, 1.807) is 6.20 Å². The summed E-state index contributed by atoms with van der Waals surface area (Å²) < 4.78 is 5.36. The van der Waals surface area contributed by atoms with Gasteiger partial charge in [0.1, 0.15) is 11.3 Å². The van der Waals surface area contributed by atoms with E-state index in [-0.39, 0.29) is 36.2 Å². The lowest BCUT2D eigenvalue weighted by atomic mass is 9.97. The van der Waals surface area contributed by atoms with Crippen LogP contribution in [0.1, 0.15) is 19.3 Å². The highest BCUT2D eigenvalue weighted by molar-refractivity contribution is 5.87. The molecule has 4 aromatic rings. The molecule has 35 heavy (non-hydrogen) atoms. The Morgan fingerprint density at radius 1 is 1.03 bits per heavy atom. The second-order valence-corrected chi connectivity index (χ2v) is 9.27. The average molecular weight is 472 g/mol. The molecule has 0 unspecified atom stereocenters. The van der Waals surface area contributed by atoms with E-state index in [2.05, 4.69) is 14.9 Å². The Hall–Kier alpha value is -4.21. The van der Waals surface area contributed by atoms with Crippen LogP contribution in [0.15, 0.2) is 47.0 Å². The number of anilines is 2. The van der Waals surface area contributed by atoms with Crippen molar-refractivity contribution in [3.05, 3.63) is 42.6 Å². The van der Waals surface area contributed by atoms with Crippen LogP contribution in [0.25, 0.3) is 33.3 Å². The molecule has 2 aromatic carbocycles. The number of hydrogen-bond acceptors (Lipinski definition) is 8. The fourth-order valence-corrected chi connectivity index (χ4v) is 5.09. The van der Waals surface area contributed by atoms with E-state index >= 15 is 0 Å². The number of rotatable bonds is 5.